The highest BCUT2D eigenvalue weighted by atomic mass is 32.2. The van der Waals surface area contributed by atoms with E-state index in [4.69, 9.17) is 4.74 Å². The summed E-state index contributed by atoms with van der Waals surface area (Å²) >= 11 is 5.31. The van der Waals surface area contributed by atoms with Gasteiger partial charge in [-0.05, 0) is 0 Å². The number of hydrogen-bond acceptors (Lipinski definition) is 7. The van der Waals surface area contributed by atoms with Crippen LogP contribution in [-0.4, -0.2) is 58.7 Å². The monoisotopic (exact) mass is 350 g/mol. The van der Waals surface area contributed by atoms with E-state index in [1.165, 1.54) is 0 Å². The molecule has 3 rings (SSSR count). The number of thioether (sulfide) groups is 3. The Kier molecular flexibility index (Phi) is 11.4. The fraction of sp³-hybridized carbons (Fsp3) is 0.786. The lowest BCUT2D eigenvalue weighted by atomic mass is 10.2. The van der Waals surface area contributed by atoms with Crippen molar-refractivity contribution in [3.05, 3.63) is 0 Å². The van der Waals surface area contributed by atoms with Gasteiger partial charge in [-0.25, -0.2) is 0 Å². The van der Waals surface area contributed by atoms with Gasteiger partial charge in [-0.2, -0.15) is 11.8 Å². The number of carbonyl (C=O) groups excluding carboxylic acids is 3. The van der Waals surface area contributed by atoms with Crippen LogP contribution in [0.2, 0.25) is 0 Å². The Morgan fingerprint density at radius 2 is 1.19 bits per heavy atom. The lowest BCUT2D eigenvalue weighted by Gasteiger charge is -2.07. The summed E-state index contributed by atoms with van der Waals surface area (Å²) in [5.74, 6) is 4.77. The van der Waals surface area contributed by atoms with E-state index in [0.29, 0.717) is 43.4 Å². The summed E-state index contributed by atoms with van der Waals surface area (Å²) in [4.78, 5) is 31.3. The fourth-order valence-electron chi connectivity index (χ4n) is 1.61. The van der Waals surface area contributed by atoms with Gasteiger partial charge in [0.15, 0.2) is 5.78 Å². The van der Waals surface area contributed by atoms with Gasteiger partial charge in [0, 0.05) is 42.3 Å². The van der Waals surface area contributed by atoms with Crippen LogP contribution in [-0.2, 0) is 19.1 Å². The Morgan fingerprint density at radius 1 is 0.667 bits per heavy atom. The fourth-order valence-corrected chi connectivity index (χ4v) is 4.48. The minimum atomic E-state index is 0.339. The zero-order valence-corrected chi connectivity index (χ0v) is 14.6. The predicted molar refractivity (Wildman–Crippen MR) is 91.4 cm³/mol. The van der Waals surface area contributed by atoms with E-state index in [-0.39, 0.29) is 0 Å². The largest absolute Gasteiger partial charge is 0.381 e. The quantitative estimate of drug-likeness (QED) is 0.665. The zero-order valence-electron chi connectivity index (χ0n) is 12.1. The van der Waals surface area contributed by atoms with Crippen LogP contribution >= 0.6 is 35.3 Å². The third-order valence-corrected chi connectivity index (χ3v) is 6.16. The first-order valence-electron chi connectivity index (χ1n) is 7.04. The van der Waals surface area contributed by atoms with Crippen molar-refractivity contribution in [2.45, 2.75) is 25.7 Å². The molecular formula is C14H22O4S3. The summed E-state index contributed by atoms with van der Waals surface area (Å²) in [5, 5.41) is 1.10. The molecule has 120 valence electrons. The van der Waals surface area contributed by atoms with Gasteiger partial charge >= 0.3 is 0 Å². The Labute approximate surface area is 138 Å². The first kappa shape index (κ1) is 19.1. The van der Waals surface area contributed by atoms with E-state index in [0.717, 1.165) is 40.9 Å². The van der Waals surface area contributed by atoms with Crippen LogP contribution in [0.25, 0.3) is 0 Å². The number of hydrogen-bond donors (Lipinski definition) is 0. The molecule has 0 unspecified atom stereocenters. The molecule has 4 nitrogen and oxygen atoms in total. The van der Waals surface area contributed by atoms with Gasteiger partial charge in [0.05, 0.1) is 24.7 Å². The second kappa shape index (κ2) is 12.6. The van der Waals surface area contributed by atoms with Gasteiger partial charge in [0.2, 0.25) is 0 Å². The van der Waals surface area contributed by atoms with Crippen LogP contribution < -0.4 is 0 Å². The van der Waals surface area contributed by atoms with Crippen molar-refractivity contribution in [1.82, 2.24) is 0 Å². The van der Waals surface area contributed by atoms with E-state index in [1.807, 2.05) is 11.8 Å². The molecule has 3 saturated heterocycles. The first-order valence-corrected chi connectivity index (χ1v) is 10.5. The maximum Gasteiger partial charge on any atom is 0.152 e. The predicted octanol–water partition coefficient (Wildman–Crippen LogP) is 2.44. The van der Waals surface area contributed by atoms with E-state index in [2.05, 4.69) is 0 Å². The highest BCUT2D eigenvalue weighted by molar-refractivity contribution is 8.17. The average molecular weight is 351 g/mol. The normalized spacial score (nSPS) is 22.6. The highest BCUT2D eigenvalue weighted by Gasteiger charge is 2.07. The Bertz CT molecular complexity index is 271. The second-order valence-electron chi connectivity index (χ2n) is 4.66. The van der Waals surface area contributed by atoms with Crippen molar-refractivity contribution in [3.8, 4) is 0 Å². The molecule has 3 aliphatic heterocycles. The van der Waals surface area contributed by atoms with Crippen molar-refractivity contribution in [1.29, 1.82) is 0 Å². The lowest BCUT2D eigenvalue weighted by Crippen LogP contribution is -2.14. The van der Waals surface area contributed by atoms with E-state index in [1.54, 1.807) is 23.5 Å². The molecule has 3 aliphatic rings. The van der Waals surface area contributed by atoms with Crippen molar-refractivity contribution < 1.29 is 19.1 Å². The van der Waals surface area contributed by atoms with Crippen LogP contribution in [0.4, 0.5) is 0 Å². The van der Waals surface area contributed by atoms with Crippen molar-refractivity contribution in [2.75, 3.05) is 41.3 Å². The minimum Gasteiger partial charge on any atom is -0.381 e. The van der Waals surface area contributed by atoms with Crippen LogP contribution in [0.3, 0.4) is 0 Å². The smallest absolute Gasteiger partial charge is 0.152 e. The van der Waals surface area contributed by atoms with Gasteiger partial charge in [-0.3, -0.25) is 14.4 Å². The number of carbonyl (C=O) groups is 3. The maximum absolute atomic E-state index is 10.4. The molecule has 0 N–H and O–H groups in total. The Hall–Kier alpha value is 0.0200. The van der Waals surface area contributed by atoms with Gasteiger partial charge in [0.1, 0.15) is 11.6 Å². The second-order valence-corrected chi connectivity index (χ2v) is 8.22. The third-order valence-electron chi connectivity index (χ3n) is 2.79. The molecule has 0 amide bonds. The number of rotatable bonds is 0. The number of ether oxygens (including phenoxy) is 1. The van der Waals surface area contributed by atoms with E-state index in [9.17, 15) is 14.4 Å². The molecular weight excluding hydrogens is 328 g/mol. The van der Waals surface area contributed by atoms with Crippen molar-refractivity contribution >= 4 is 52.6 Å². The molecule has 21 heavy (non-hydrogen) atoms. The molecule has 0 aromatic heterocycles. The minimum absolute atomic E-state index is 0.339. The van der Waals surface area contributed by atoms with E-state index >= 15 is 0 Å². The highest BCUT2D eigenvalue weighted by Crippen LogP contribution is 2.17. The van der Waals surface area contributed by atoms with Crippen LogP contribution in [0.1, 0.15) is 25.7 Å². The van der Waals surface area contributed by atoms with Crippen LogP contribution in [0.15, 0.2) is 0 Å². The molecule has 0 aromatic rings. The molecule has 0 aromatic carbocycles. The zero-order chi connectivity index (χ0) is 15.3. The summed E-state index contributed by atoms with van der Waals surface area (Å²) in [6.45, 7) is 1.28. The SMILES string of the molecule is O=C1CCOCC1.O=C1CCSCC1.O=C1CSCSC1. The molecule has 0 spiro atoms. The summed E-state index contributed by atoms with van der Waals surface area (Å²) in [6.07, 6.45) is 2.87. The molecule has 7 heteroatoms. The van der Waals surface area contributed by atoms with Crippen molar-refractivity contribution in [2.24, 2.45) is 0 Å². The van der Waals surface area contributed by atoms with Gasteiger partial charge < -0.3 is 4.74 Å². The standard InChI is InChI=1S/C5H8O2.C5H8OS.C4H6OS2/c2*6-5-1-3-7-4-2-5;5-4-1-6-3-7-2-4/h2*1-4H2;1-3H2. The van der Waals surface area contributed by atoms with E-state index < -0.39 is 0 Å². The lowest BCUT2D eigenvalue weighted by molar-refractivity contribution is -0.124. The summed E-state index contributed by atoms with van der Waals surface area (Å²) < 4.78 is 4.92. The summed E-state index contributed by atoms with van der Waals surface area (Å²) in [5.41, 5.74) is 0. The summed E-state index contributed by atoms with van der Waals surface area (Å²) in [7, 11) is 0. The topological polar surface area (TPSA) is 60.4 Å². The number of ketones is 3. The Balaban J connectivity index is 0.000000157. The summed E-state index contributed by atoms with van der Waals surface area (Å²) in [6, 6.07) is 0. The molecule has 0 saturated carbocycles. The van der Waals surface area contributed by atoms with Crippen LogP contribution in [0.5, 0.6) is 0 Å². The molecule has 0 atom stereocenters. The van der Waals surface area contributed by atoms with Crippen molar-refractivity contribution in [3.63, 3.8) is 0 Å². The first-order chi connectivity index (χ1) is 10.2. The average Bonchev–Trinajstić information content (AvgIpc) is 2.51. The van der Waals surface area contributed by atoms with Gasteiger partial charge in [-0.15, -0.1) is 23.5 Å². The van der Waals surface area contributed by atoms with Crippen LogP contribution in [0, 0.1) is 0 Å². The van der Waals surface area contributed by atoms with Gasteiger partial charge in [0.25, 0.3) is 0 Å². The number of Topliss-reactive ketones (excluding diaryl/α,β-unsaturated/α-hetero) is 3. The van der Waals surface area contributed by atoms with Gasteiger partial charge in [-0.1, -0.05) is 0 Å². The third kappa shape index (κ3) is 11.3. The molecule has 0 radical (unpaired) electrons. The molecule has 0 bridgehead atoms. The molecule has 3 fully saturated rings. The molecule has 0 aliphatic carbocycles. The maximum atomic E-state index is 10.4. The molecule has 3 heterocycles. The Morgan fingerprint density at radius 3 is 1.48 bits per heavy atom.